The van der Waals surface area contributed by atoms with Gasteiger partial charge < -0.3 is 5.11 Å². The van der Waals surface area contributed by atoms with Crippen LogP contribution < -0.4 is 4.72 Å². The third kappa shape index (κ3) is 4.84. The van der Waals surface area contributed by atoms with E-state index >= 15 is 0 Å². The summed E-state index contributed by atoms with van der Waals surface area (Å²) in [6.45, 7) is 1.28. The number of sulfonamides is 1. The minimum absolute atomic E-state index is 0.246. The second-order valence-corrected chi connectivity index (χ2v) is 6.24. The van der Waals surface area contributed by atoms with Crippen molar-refractivity contribution in [3.8, 4) is 0 Å². The number of carboxylic acids is 1. The predicted octanol–water partition coefficient (Wildman–Crippen LogP) is 1.34. The zero-order valence-corrected chi connectivity index (χ0v) is 11.5. The molecule has 94 valence electrons. The Morgan fingerprint density at radius 3 is 2.71 bits per heavy atom. The van der Waals surface area contributed by atoms with Crippen molar-refractivity contribution in [3.63, 3.8) is 0 Å². The molecule has 0 saturated carbocycles. The largest absolute Gasteiger partial charge is 0.480 e. The van der Waals surface area contributed by atoms with Gasteiger partial charge in [-0.05, 0) is 24.6 Å². The van der Waals surface area contributed by atoms with E-state index in [1.807, 2.05) is 0 Å². The van der Waals surface area contributed by atoms with Crippen molar-refractivity contribution in [3.05, 3.63) is 34.3 Å². The molecule has 1 aromatic rings. The van der Waals surface area contributed by atoms with Crippen molar-refractivity contribution in [1.29, 1.82) is 0 Å². The Balaban J connectivity index is 2.77. The molecule has 1 aromatic carbocycles. The molecule has 0 aliphatic heterocycles. The van der Waals surface area contributed by atoms with Crippen LogP contribution in [-0.2, 0) is 20.6 Å². The van der Waals surface area contributed by atoms with Gasteiger partial charge in [-0.2, -0.15) is 0 Å². The van der Waals surface area contributed by atoms with Crippen molar-refractivity contribution < 1.29 is 18.3 Å². The maximum Gasteiger partial charge on any atom is 0.321 e. The lowest BCUT2D eigenvalue weighted by atomic mass is 10.2. The van der Waals surface area contributed by atoms with Crippen molar-refractivity contribution in [2.75, 3.05) is 0 Å². The Labute approximate surface area is 108 Å². The average molecular weight is 322 g/mol. The number of carbonyl (C=O) groups is 1. The van der Waals surface area contributed by atoms with Crippen LogP contribution in [0, 0.1) is 0 Å². The predicted molar refractivity (Wildman–Crippen MR) is 67.0 cm³/mol. The van der Waals surface area contributed by atoms with Gasteiger partial charge in [0.15, 0.2) is 0 Å². The molecule has 0 spiro atoms. The van der Waals surface area contributed by atoms with Gasteiger partial charge in [0, 0.05) is 4.47 Å². The first-order valence-corrected chi connectivity index (χ1v) is 7.22. The lowest BCUT2D eigenvalue weighted by molar-refractivity contribution is -0.138. The highest BCUT2D eigenvalue weighted by molar-refractivity contribution is 9.10. The van der Waals surface area contributed by atoms with Gasteiger partial charge >= 0.3 is 5.97 Å². The maximum atomic E-state index is 11.6. The topological polar surface area (TPSA) is 83.5 Å². The number of halogens is 1. The van der Waals surface area contributed by atoms with Gasteiger partial charge in [-0.1, -0.05) is 28.1 Å². The van der Waals surface area contributed by atoms with E-state index in [1.54, 1.807) is 24.3 Å². The third-order valence-corrected chi connectivity index (χ3v) is 3.89. The van der Waals surface area contributed by atoms with Crippen LogP contribution in [0.1, 0.15) is 12.5 Å². The molecule has 0 saturated heterocycles. The summed E-state index contributed by atoms with van der Waals surface area (Å²) in [5.74, 6) is -1.45. The summed E-state index contributed by atoms with van der Waals surface area (Å²) in [5, 5.41) is 8.62. The number of carboxylic acid groups (broad SMARTS) is 1. The lowest BCUT2D eigenvalue weighted by Crippen LogP contribution is -2.38. The molecule has 0 radical (unpaired) electrons. The molecular formula is C10H12BrNO4S. The van der Waals surface area contributed by atoms with E-state index in [9.17, 15) is 13.2 Å². The lowest BCUT2D eigenvalue weighted by Gasteiger charge is -2.10. The molecule has 7 heteroatoms. The minimum atomic E-state index is -3.65. The quantitative estimate of drug-likeness (QED) is 0.857. The summed E-state index contributed by atoms with van der Waals surface area (Å²) in [6, 6.07) is 5.70. The molecule has 5 nitrogen and oxygen atoms in total. The number of hydrogen-bond donors (Lipinski definition) is 2. The van der Waals surface area contributed by atoms with Crippen LogP contribution in [0.5, 0.6) is 0 Å². The van der Waals surface area contributed by atoms with E-state index < -0.39 is 22.0 Å². The van der Waals surface area contributed by atoms with Crippen molar-refractivity contribution in [2.24, 2.45) is 0 Å². The summed E-state index contributed by atoms with van der Waals surface area (Å²) in [4.78, 5) is 10.5. The van der Waals surface area contributed by atoms with E-state index in [4.69, 9.17) is 5.11 Å². The van der Waals surface area contributed by atoms with Gasteiger partial charge in [0.1, 0.15) is 6.04 Å². The van der Waals surface area contributed by atoms with Crippen LogP contribution in [0.2, 0.25) is 0 Å². The Bertz CT molecular complexity index is 515. The van der Waals surface area contributed by atoms with Gasteiger partial charge in [0.2, 0.25) is 10.0 Å². The maximum absolute atomic E-state index is 11.6. The van der Waals surface area contributed by atoms with Crippen LogP contribution >= 0.6 is 15.9 Å². The fourth-order valence-electron chi connectivity index (χ4n) is 1.21. The van der Waals surface area contributed by atoms with Gasteiger partial charge in [0.25, 0.3) is 0 Å². The normalized spacial score (nSPS) is 13.3. The van der Waals surface area contributed by atoms with E-state index in [-0.39, 0.29) is 5.75 Å². The van der Waals surface area contributed by atoms with Crippen molar-refractivity contribution >= 4 is 31.9 Å². The smallest absolute Gasteiger partial charge is 0.321 e. The molecule has 0 aliphatic rings. The number of nitrogens with one attached hydrogen (secondary N) is 1. The number of hydrogen-bond acceptors (Lipinski definition) is 3. The molecule has 2 N–H and O–H groups in total. The van der Waals surface area contributed by atoms with Crippen LogP contribution in [-0.4, -0.2) is 25.5 Å². The van der Waals surface area contributed by atoms with Crippen LogP contribution in [0.3, 0.4) is 0 Å². The Morgan fingerprint density at radius 2 is 2.18 bits per heavy atom. The molecule has 0 aliphatic carbocycles. The first kappa shape index (κ1) is 14.1. The highest BCUT2D eigenvalue weighted by Gasteiger charge is 2.19. The molecule has 1 rings (SSSR count). The second-order valence-electron chi connectivity index (χ2n) is 3.57. The fraction of sp³-hybridized carbons (Fsp3) is 0.300. The molecule has 1 atom stereocenters. The Hall–Kier alpha value is -0.920. The van der Waals surface area contributed by atoms with Gasteiger partial charge in [-0.15, -0.1) is 0 Å². The molecule has 0 unspecified atom stereocenters. The van der Waals surface area contributed by atoms with E-state index in [0.29, 0.717) is 5.56 Å². The molecular weight excluding hydrogens is 310 g/mol. The molecule has 0 bridgehead atoms. The Kier molecular flexibility index (Phi) is 4.67. The van der Waals surface area contributed by atoms with Crippen molar-refractivity contribution in [2.45, 2.75) is 18.7 Å². The molecule has 0 heterocycles. The zero-order chi connectivity index (χ0) is 13.1. The van der Waals surface area contributed by atoms with Crippen LogP contribution in [0.4, 0.5) is 0 Å². The van der Waals surface area contributed by atoms with Gasteiger partial charge in [-0.25, -0.2) is 13.1 Å². The summed E-state index contributed by atoms with van der Waals surface area (Å²) in [5.41, 5.74) is 0.587. The molecule has 0 fully saturated rings. The summed E-state index contributed by atoms with van der Waals surface area (Å²) in [7, 11) is -3.65. The van der Waals surface area contributed by atoms with E-state index in [0.717, 1.165) is 4.47 Å². The van der Waals surface area contributed by atoms with E-state index in [2.05, 4.69) is 20.7 Å². The summed E-state index contributed by atoms with van der Waals surface area (Å²) < 4.78 is 26.1. The average Bonchev–Trinajstić information content (AvgIpc) is 2.15. The third-order valence-electron chi connectivity index (χ3n) is 1.97. The SMILES string of the molecule is C[C@H](NS(=O)(=O)Cc1cccc(Br)c1)C(=O)O. The van der Waals surface area contributed by atoms with Gasteiger partial charge in [0.05, 0.1) is 5.75 Å². The summed E-state index contributed by atoms with van der Waals surface area (Å²) in [6.07, 6.45) is 0. The first-order chi connectivity index (χ1) is 7.80. The zero-order valence-electron chi connectivity index (χ0n) is 9.05. The standard InChI is InChI=1S/C10H12BrNO4S/c1-7(10(13)14)12-17(15,16)6-8-3-2-4-9(11)5-8/h2-5,7,12H,6H2,1H3,(H,13,14)/t7-/m0/s1. The fourth-order valence-corrected chi connectivity index (χ4v) is 3.00. The van der Waals surface area contributed by atoms with Crippen molar-refractivity contribution in [1.82, 2.24) is 4.72 Å². The minimum Gasteiger partial charge on any atom is -0.480 e. The Morgan fingerprint density at radius 1 is 1.53 bits per heavy atom. The molecule has 17 heavy (non-hydrogen) atoms. The molecule has 0 aromatic heterocycles. The number of benzene rings is 1. The van der Waals surface area contributed by atoms with Gasteiger partial charge in [-0.3, -0.25) is 4.79 Å². The summed E-state index contributed by atoms with van der Waals surface area (Å²) >= 11 is 3.23. The van der Waals surface area contributed by atoms with Crippen LogP contribution in [0.25, 0.3) is 0 Å². The molecule has 0 amide bonds. The number of rotatable bonds is 5. The number of aliphatic carboxylic acids is 1. The van der Waals surface area contributed by atoms with Crippen LogP contribution in [0.15, 0.2) is 28.7 Å². The second kappa shape index (κ2) is 5.61. The highest BCUT2D eigenvalue weighted by atomic mass is 79.9. The highest BCUT2D eigenvalue weighted by Crippen LogP contribution is 2.13. The van der Waals surface area contributed by atoms with E-state index in [1.165, 1.54) is 6.92 Å². The monoisotopic (exact) mass is 321 g/mol. The first-order valence-electron chi connectivity index (χ1n) is 4.77.